The van der Waals surface area contributed by atoms with Gasteiger partial charge in [0.1, 0.15) is 23.0 Å². The molecule has 2 aromatic rings. The molecule has 0 saturated carbocycles. The number of amides is 1. The molecule has 7 nitrogen and oxygen atoms in total. The molecule has 0 saturated heterocycles. The van der Waals surface area contributed by atoms with Crippen molar-refractivity contribution in [1.82, 2.24) is 10.6 Å². The lowest BCUT2D eigenvalue weighted by Crippen LogP contribution is -2.48. The predicted molar refractivity (Wildman–Crippen MR) is 117 cm³/mol. The van der Waals surface area contributed by atoms with E-state index in [0.717, 1.165) is 11.3 Å². The second kappa shape index (κ2) is 7.48. The number of rotatable bonds is 5. The summed E-state index contributed by atoms with van der Waals surface area (Å²) >= 11 is 0. The molecule has 1 amide bonds. The number of carbonyl (C=O) groups excluding carboxylic acids is 2. The highest BCUT2D eigenvalue weighted by Crippen LogP contribution is 2.39. The molecule has 1 unspecified atom stereocenters. The standard InChI is InChI=1S/C24H28FN3O4/c1-10-9-15(32-12(10)3)22(24(4,5)6)28-19-18(20(29)21(19)30)27-17-14(25)8-7-13-11(2)26-23(31)16(13)17/h7-9,11,20,22,27-29H,1-6H3,(H,26,31)/t11-,20?,22+/m1/s1. The Bertz CT molecular complexity index is 1140. The van der Waals surface area contributed by atoms with Gasteiger partial charge in [0.25, 0.3) is 5.91 Å². The zero-order valence-corrected chi connectivity index (χ0v) is 19.0. The molecule has 0 fully saturated rings. The lowest BCUT2D eigenvalue weighted by molar-refractivity contribution is -0.125. The number of anilines is 1. The monoisotopic (exact) mass is 441 g/mol. The van der Waals surface area contributed by atoms with E-state index >= 15 is 0 Å². The Balaban J connectivity index is 1.73. The van der Waals surface area contributed by atoms with Crippen molar-refractivity contribution in [3.63, 3.8) is 0 Å². The number of ketones is 1. The van der Waals surface area contributed by atoms with Crippen LogP contribution in [0.15, 0.2) is 34.0 Å². The first-order valence-electron chi connectivity index (χ1n) is 10.6. The van der Waals surface area contributed by atoms with Crippen molar-refractivity contribution in [2.45, 2.75) is 59.7 Å². The van der Waals surface area contributed by atoms with Gasteiger partial charge in [0.05, 0.1) is 29.0 Å². The van der Waals surface area contributed by atoms with Crippen LogP contribution in [0.2, 0.25) is 0 Å². The number of aryl methyl sites for hydroxylation is 2. The third-order valence-electron chi connectivity index (χ3n) is 6.15. The van der Waals surface area contributed by atoms with Crippen LogP contribution in [-0.2, 0) is 4.79 Å². The molecule has 32 heavy (non-hydrogen) atoms. The maximum absolute atomic E-state index is 14.7. The minimum absolute atomic E-state index is 0.0535. The van der Waals surface area contributed by atoms with Crippen molar-refractivity contribution in [2.24, 2.45) is 5.41 Å². The number of halogens is 1. The van der Waals surface area contributed by atoms with Gasteiger partial charge >= 0.3 is 0 Å². The summed E-state index contributed by atoms with van der Waals surface area (Å²) < 4.78 is 20.6. The third kappa shape index (κ3) is 3.48. The van der Waals surface area contributed by atoms with Gasteiger partial charge in [-0.3, -0.25) is 9.59 Å². The average Bonchev–Trinajstić information content (AvgIpc) is 3.18. The van der Waals surface area contributed by atoms with Gasteiger partial charge in [-0.25, -0.2) is 4.39 Å². The molecule has 2 heterocycles. The number of carbonyl (C=O) groups is 2. The lowest BCUT2D eigenvalue weighted by atomic mass is 9.83. The predicted octanol–water partition coefficient (Wildman–Crippen LogP) is 3.78. The highest BCUT2D eigenvalue weighted by molar-refractivity contribution is 6.10. The molecule has 2 aliphatic rings. The molecule has 4 rings (SSSR count). The van der Waals surface area contributed by atoms with Crippen LogP contribution in [0.25, 0.3) is 0 Å². The Labute approximate surface area is 186 Å². The number of fused-ring (bicyclic) bond motifs is 1. The van der Waals surface area contributed by atoms with Crippen LogP contribution in [0, 0.1) is 25.1 Å². The second-order valence-corrected chi connectivity index (χ2v) is 9.59. The summed E-state index contributed by atoms with van der Waals surface area (Å²) in [5.41, 5.74) is 1.71. The molecule has 8 heteroatoms. The first-order valence-corrected chi connectivity index (χ1v) is 10.6. The summed E-state index contributed by atoms with van der Waals surface area (Å²) in [5, 5.41) is 19.1. The Kier molecular flexibility index (Phi) is 5.16. The van der Waals surface area contributed by atoms with Crippen molar-refractivity contribution < 1.29 is 23.5 Å². The summed E-state index contributed by atoms with van der Waals surface area (Å²) in [6, 6.07) is 4.11. The quantitative estimate of drug-likeness (QED) is 0.563. The first-order chi connectivity index (χ1) is 14.9. The Morgan fingerprint density at radius 1 is 1.22 bits per heavy atom. The van der Waals surface area contributed by atoms with Crippen LogP contribution in [0.5, 0.6) is 0 Å². The smallest absolute Gasteiger partial charge is 0.254 e. The fraction of sp³-hybridized carbons (Fsp3) is 0.417. The van der Waals surface area contributed by atoms with E-state index in [2.05, 4.69) is 16.0 Å². The highest BCUT2D eigenvalue weighted by Gasteiger charge is 2.43. The normalized spacial score (nSPS) is 21.2. The SMILES string of the molecule is Cc1cc([C@H](NC2=C(Nc3c(F)ccc4c3C(=O)N[C@@H]4C)C(O)C2=O)C(C)(C)C)oc1C. The van der Waals surface area contributed by atoms with Gasteiger partial charge in [-0.15, -0.1) is 0 Å². The molecule has 1 aliphatic heterocycles. The Hall–Kier alpha value is -3.13. The van der Waals surface area contributed by atoms with E-state index < -0.39 is 23.6 Å². The number of aliphatic hydroxyl groups is 1. The van der Waals surface area contributed by atoms with Crippen molar-refractivity contribution in [3.05, 3.63) is 63.6 Å². The van der Waals surface area contributed by atoms with Gasteiger partial charge in [-0.05, 0) is 49.4 Å². The summed E-state index contributed by atoms with van der Waals surface area (Å²) in [6.07, 6.45) is -1.43. The minimum atomic E-state index is -1.43. The third-order valence-corrected chi connectivity index (χ3v) is 6.15. The maximum atomic E-state index is 14.7. The maximum Gasteiger partial charge on any atom is 0.254 e. The van der Waals surface area contributed by atoms with Gasteiger partial charge in [-0.1, -0.05) is 26.8 Å². The van der Waals surface area contributed by atoms with Crippen molar-refractivity contribution >= 4 is 17.4 Å². The summed E-state index contributed by atoms with van der Waals surface area (Å²) in [4.78, 5) is 25.0. The van der Waals surface area contributed by atoms with Crippen LogP contribution in [0.4, 0.5) is 10.1 Å². The van der Waals surface area contributed by atoms with Gasteiger partial charge < -0.3 is 25.5 Å². The van der Waals surface area contributed by atoms with Gasteiger partial charge in [-0.2, -0.15) is 0 Å². The van der Waals surface area contributed by atoms with Crippen LogP contribution in [-0.4, -0.2) is 22.9 Å². The number of aliphatic hydroxyl groups excluding tert-OH is 1. The number of furan rings is 1. The zero-order chi connectivity index (χ0) is 23.5. The molecule has 1 aromatic heterocycles. The van der Waals surface area contributed by atoms with Crippen molar-refractivity contribution in [2.75, 3.05) is 5.32 Å². The Morgan fingerprint density at radius 3 is 2.50 bits per heavy atom. The van der Waals surface area contributed by atoms with Crippen LogP contribution >= 0.6 is 0 Å². The Morgan fingerprint density at radius 2 is 1.91 bits per heavy atom. The molecular weight excluding hydrogens is 413 g/mol. The van der Waals surface area contributed by atoms with E-state index in [0.29, 0.717) is 11.3 Å². The van der Waals surface area contributed by atoms with E-state index in [-0.39, 0.29) is 40.1 Å². The topological polar surface area (TPSA) is 104 Å². The molecule has 0 spiro atoms. The number of Topliss-reactive ketones (excluding diaryl/α,β-unsaturated/α-hetero) is 1. The minimum Gasteiger partial charge on any atom is -0.464 e. The molecule has 1 aliphatic carbocycles. The largest absolute Gasteiger partial charge is 0.464 e. The van der Waals surface area contributed by atoms with E-state index in [1.807, 2.05) is 40.7 Å². The molecular formula is C24H28FN3O4. The molecule has 3 atom stereocenters. The highest BCUT2D eigenvalue weighted by atomic mass is 19.1. The zero-order valence-electron chi connectivity index (χ0n) is 19.0. The van der Waals surface area contributed by atoms with E-state index in [4.69, 9.17) is 4.42 Å². The molecule has 0 bridgehead atoms. The van der Waals surface area contributed by atoms with Crippen molar-refractivity contribution in [1.29, 1.82) is 0 Å². The lowest BCUT2D eigenvalue weighted by Gasteiger charge is -2.36. The second-order valence-electron chi connectivity index (χ2n) is 9.59. The average molecular weight is 442 g/mol. The molecule has 4 N–H and O–H groups in total. The van der Waals surface area contributed by atoms with Gasteiger partial charge in [0.15, 0.2) is 6.10 Å². The summed E-state index contributed by atoms with van der Waals surface area (Å²) in [6.45, 7) is 11.6. The van der Waals surface area contributed by atoms with Crippen LogP contribution < -0.4 is 16.0 Å². The van der Waals surface area contributed by atoms with E-state index in [1.54, 1.807) is 13.0 Å². The van der Waals surface area contributed by atoms with E-state index in [9.17, 15) is 19.1 Å². The first kappa shape index (κ1) is 22.1. The van der Waals surface area contributed by atoms with Crippen LogP contribution in [0.1, 0.15) is 72.8 Å². The fourth-order valence-electron chi connectivity index (χ4n) is 4.14. The van der Waals surface area contributed by atoms with Crippen molar-refractivity contribution in [3.8, 4) is 0 Å². The number of hydrogen-bond acceptors (Lipinski definition) is 6. The number of nitrogens with one attached hydrogen (secondary N) is 3. The molecule has 1 aromatic carbocycles. The van der Waals surface area contributed by atoms with E-state index in [1.165, 1.54) is 6.07 Å². The summed E-state index contributed by atoms with van der Waals surface area (Å²) in [7, 11) is 0. The summed E-state index contributed by atoms with van der Waals surface area (Å²) in [5.74, 6) is -0.110. The molecule has 170 valence electrons. The number of benzene rings is 1. The van der Waals surface area contributed by atoms with Crippen LogP contribution in [0.3, 0.4) is 0 Å². The van der Waals surface area contributed by atoms with Gasteiger partial charge in [0, 0.05) is 0 Å². The number of hydrogen-bond donors (Lipinski definition) is 4. The molecule has 0 radical (unpaired) electrons. The fourth-order valence-corrected chi connectivity index (χ4v) is 4.14. The van der Waals surface area contributed by atoms with Gasteiger partial charge in [0.2, 0.25) is 5.78 Å².